The van der Waals surface area contributed by atoms with E-state index in [2.05, 4.69) is 53.5 Å². The first-order valence-corrected chi connectivity index (χ1v) is 10.6. The Morgan fingerprint density at radius 1 is 1.11 bits per heavy atom. The van der Waals surface area contributed by atoms with Crippen molar-refractivity contribution >= 4 is 27.3 Å². The summed E-state index contributed by atoms with van der Waals surface area (Å²) < 4.78 is 6.63. The fourth-order valence-electron chi connectivity index (χ4n) is 3.69. The number of nitrogens with zero attached hydrogens (tertiary/aromatic N) is 1. The van der Waals surface area contributed by atoms with Crippen LogP contribution >= 0.6 is 11.3 Å². The maximum Gasteiger partial charge on any atom is 0.262 e. The van der Waals surface area contributed by atoms with E-state index in [4.69, 9.17) is 4.74 Å². The van der Waals surface area contributed by atoms with Gasteiger partial charge >= 0.3 is 0 Å². The zero-order chi connectivity index (χ0) is 19.5. The van der Waals surface area contributed by atoms with Crippen molar-refractivity contribution in [2.45, 2.75) is 19.9 Å². The van der Waals surface area contributed by atoms with Crippen molar-refractivity contribution in [1.82, 2.24) is 10.2 Å². The number of fused-ring (bicyclic) bond motifs is 1. The summed E-state index contributed by atoms with van der Waals surface area (Å²) in [4.78, 5) is 16.4. The molecule has 146 valence electrons. The van der Waals surface area contributed by atoms with Gasteiger partial charge in [0.25, 0.3) is 5.91 Å². The Morgan fingerprint density at radius 2 is 1.82 bits per heavy atom. The topological polar surface area (TPSA) is 41.6 Å². The van der Waals surface area contributed by atoms with Gasteiger partial charge in [0, 0.05) is 24.3 Å². The summed E-state index contributed by atoms with van der Waals surface area (Å²) >= 11 is 1.57. The maximum atomic E-state index is 13.2. The van der Waals surface area contributed by atoms with Crippen LogP contribution in [0, 0.1) is 13.8 Å². The third-order valence-corrected chi connectivity index (χ3v) is 6.65. The van der Waals surface area contributed by atoms with Crippen molar-refractivity contribution in [3.8, 4) is 0 Å². The van der Waals surface area contributed by atoms with Crippen LogP contribution in [-0.4, -0.2) is 43.7 Å². The van der Waals surface area contributed by atoms with E-state index < -0.39 is 0 Å². The van der Waals surface area contributed by atoms with Gasteiger partial charge in [0.2, 0.25) is 0 Å². The van der Waals surface area contributed by atoms with Crippen LogP contribution in [0.5, 0.6) is 0 Å². The molecular weight excluding hydrogens is 368 g/mol. The van der Waals surface area contributed by atoms with Crippen LogP contribution < -0.4 is 5.32 Å². The molecule has 4 rings (SSSR count). The van der Waals surface area contributed by atoms with Gasteiger partial charge in [0.05, 0.1) is 24.1 Å². The van der Waals surface area contributed by atoms with Crippen LogP contribution in [0.25, 0.3) is 10.1 Å². The lowest BCUT2D eigenvalue weighted by atomic mass is 10.0. The molecule has 0 radical (unpaired) electrons. The number of benzene rings is 2. The number of nitrogens with one attached hydrogen (secondary N) is 1. The Balaban J connectivity index is 1.59. The van der Waals surface area contributed by atoms with Gasteiger partial charge in [-0.2, -0.15) is 0 Å². The zero-order valence-electron chi connectivity index (χ0n) is 16.4. The van der Waals surface area contributed by atoms with Gasteiger partial charge in [-0.3, -0.25) is 9.69 Å². The number of amides is 1. The molecule has 28 heavy (non-hydrogen) atoms. The highest BCUT2D eigenvalue weighted by Gasteiger charge is 2.23. The van der Waals surface area contributed by atoms with Crippen molar-refractivity contribution in [3.63, 3.8) is 0 Å². The first-order valence-electron chi connectivity index (χ1n) is 9.77. The summed E-state index contributed by atoms with van der Waals surface area (Å²) in [5.74, 6) is 0.0116. The molecule has 2 heterocycles. The highest BCUT2D eigenvalue weighted by atomic mass is 32.1. The number of rotatable bonds is 5. The third kappa shape index (κ3) is 4.12. The molecule has 3 aromatic rings. The molecule has 5 heteroatoms. The standard InChI is InChI=1S/C23H26N2O2S/c1-16-7-9-18(10-8-16)20(15-25-11-13-27-14-12-25)24-23(26)22-17(2)19-5-3-4-6-21(19)28-22/h3-10,20H,11-15H2,1-2H3,(H,24,26). The number of hydrogen-bond donors (Lipinski definition) is 1. The quantitative estimate of drug-likeness (QED) is 0.701. The molecule has 1 fully saturated rings. The number of ether oxygens (including phenoxy) is 1. The van der Waals surface area contributed by atoms with E-state index in [1.54, 1.807) is 11.3 Å². The number of thiophene rings is 1. The van der Waals surface area contributed by atoms with E-state index in [0.29, 0.717) is 0 Å². The number of morpholine rings is 1. The van der Waals surface area contributed by atoms with Gasteiger partial charge in [-0.05, 0) is 36.4 Å². The fraction of sp³-hybridized carbons (Fsp3) is 0.348. The molecule has 1 aromatic heterocycles. The lowest BCUT2D eigenvalue weighted by molar-refractivity contribution is 0.0332. The van der Waals surface area contributed by atoms with Gasteiger partial charge in [-0.1, -0.05) is 48.0 Å². The Hall–Kier alpha value is -2.21. The van der Waals surface area contributed by atoms with E-state index in [1.807, 2.05) is 19.1 Å². The zero-order valence-corrected chi connectivity index (χ0v) is 17.2. The van der Waals surface area contributed by atoms with E-state index in [-0.39, 0.29) is 11.9 Å². The Labute approximate surface area is 170 Å². The normalized spacial score (nSPS) is 16.2. The lowest BCUT2D eigenvalue weighted by Crippen LogP contribution is -2.43. The number of carbonyl (C=O) groups excluding carboxylic acids is 1. The van der Waals surface area contributed by atoms with Crippen molar-refractivity contribution < 1.29 is 9.53 Å². The number of hydrogen-bond acceptors (Lipinski definition) is 4. The van der Waals surface area contributed by atoms with Crippen LogP contribution in [0.15, 0.2) is 48.5 Å². The minimum Gasteiger partial charge on any atom is -0.379 e. The monoisotopic (exact) mass is 394 g/mol. The van der Waals surface area contributed by atoms with Gasteiger partial charge in [-0.15, -0.1) is 11.3 Å². The van der Waals surface area contributed by atoms with Crippen molar-refractivity contribution in [3.05, 3.63) is 70.1 Å². The third-order valence-electron chi connectivity index (χ3n) is 5.38. The summed E-state index contributed by atoms with van der Waals surface area (Å²) in [5, 5.41) is 4.47. The first kappa shape index (κ1) is 19.1. The Morgan fingerprint density at radius 3 is 2.54 bits per heavy atom. The Bertz CT molecular complexity index is 958. The van der Waals surface area contributed by atoms with Crippen LogP contribution in [0.3, 0.4) is 0 Å². The van der Waals surface area contributed by atoms with Gasteiger partial charge in [-0.25, -0.2) is 0 Å². The molecule has 1 atom stereocenters. The molecule has 1 unspecified atom stereocenters. The highest BCUT2D eigenvalue weighted by Crippen LogP contribution is 2.31. The predicted molar refractivity (Wildman–Crippen MR) is 115 cm³/mol. The van der Waals surface area contributed by atoms with E-state index in [0.717, 1.165) is 58.9 Å². The molecule has 0 spiro atoms. The molecule has 1 aliphatic rings. The molecular formula is C23H26N2O2S. The fourth-order valence-corrected chi connectivity index (χ4v) is 4.80. The van der Waals surface area contributed by atoms with Gasteiger partial charge in [0.15, 0.2) is 0 Å². The van der Waals surface area contributed by atoms with Crippen molar-refractivity contribution in [1.29, 1.82) is 0 Å². The van der Waals surface area contributed by atoms with Crippen LogP contribution in [0.4, 0.5) is 0 Å². The molecule has 2 aromatic carbocycles. The molecule has 1 aliphatic heterocycles. The maximum absolute atomic E-state index is 13.2. The lowest BCUT2D eigenvalue weighted by Gasteiger charge is -2.31. The largest absolute Gasteiger partial charge is 0.379 e. The van der Waals surface area contributed by atoms with Crippen LogP contribution in [0.1, 0.15) is 32.4 Å². The summed E-state index contributed by atoms with van der Waals surface area (Å²) in [6.45, 7) is 8.23. The molecule has 0 bridgehead atoms. The van der Waals surface area contributed by atoms with E-state index >= 15 is 0 Å². The molecule has 1 amide bonds. The second kappa shape index (κ2) is 8.43. The minimum absolute atomic E-state index is 0.0116. The van der Waals surface area contributed by atoms with Crippen molar-refractivity contribution in [2.24, 2.45) is 0 Å². The molecule has 1 N–H and O–H groups in total. The second-order valence-electron chi connectivity index (χ2n) is 7.40. The molecule has 1 saturated heterocycles. The SMILES string of the molecule is Cc1ccc(C(CN2CCOCC2)NC(=O)c2sc3ccccc3c2C)cc1. The van der Waals surface area contributed by atoms with Crippen LogP contribution in [0.2, 0.25) is 0 Å². The van der Waals surface area contributed by atoms with E-state index in [9.17, 15) is 4.79 Å². The summed E-state index contributed by atoms with van der Waals surface area (Å²) in [6.07, 6.45) is 0. The number of aryl methyl sites for hydroxylation is 2. The highest BCUT2D eigenvalue weighted by molar-refractivity contribution is 7.21. The van der Waals surface area contributed by atoms with Crippen LogP contribution in [-0.2, 0) is 4.74 Å². The second-order valence-corrected chi connectivity index (χ2v) is 8.45. The average molecular weight is 395 g/mol. The summed E-state index contributed by atoms with van der Waals surface area (Å²) in [7, 11) is 0. The summed E-state index contributed by atoms with van der Waals surface area (Å²) in [6, 6.07) is 16.6. The van der Waals surface area contributed by atoms with E-state index in [1.165, 1.54) is 5.56 Å². The smallest absolute Gasteiger partial charge is 0.262 e. The average Bonchev–Trinajstić information content (AvgIpc) is 3.06. The summed E-state index contributed by atoms with van der Waals surface area (Å²) in [5.41, 5.74) is 3.43. The molecule has 4 nitrogen and oxygen atoms in total. The van der Waals surface area contributed by atoms with Crippen molar-refractivity contribution in [2.75, 3.05) is 32.8 Å². The molecule has 0 saturated carbocycles. The Kier molecular flexibility index (Phi) is 5.76. The first-order chi connectivity index (χ1) is 13.6. The molecule has 0 aliphatic carbocycles. The minimum atomic E-state index is -0.0455. The van der Waals surface area contributed by atoms with Gasteiger partial charge in [0.1, 0.15) is 0 Å². The predicted octanol–water partition coefficient (Wildman–Crippen LogP) is 4.32. The number of carbonyl (C=O) groups is 1. The van der Waals surface area contributed by atoms with Gasteiger partial charge < -0.3 is 10.1 Å².